The van der Waals surface area contributed by atoms with Gasteiger partial charge in [-0.1, -0.05) is 12.1 Å². The molecule has 0 spiro atoms. The number of methoxy groups -OCH3 is 1. The molecule has 11 nitrogen and oxygen atoms in total. The lowest BCUT2D eigenvalue weighted by atomic mass is 10.0. The van der Waals surface area contributed by atoms with Crippen LogP contribution in [0.5, 0.6) is 0 Å². The number of benzene rings is 1. The number of hydrogen-bond donors (Lipinski definition) is 5. The van der Waals surface area contributed by atoms with Crippen molar-refractivity contribution in [2.24, 2.45) is 16.5 Å². The number of piperazine rings is 1. The van der Waals surface area contributed by atoms with Gasteiger partial charge in [0, 0.05) is 13.1 Å². The highest BCUT2D eigenvalue weighted by molar-refractivity contribution is 5.99. The number of carbonyl (C=O) groups is 4. The quantitative estimate of drug-likeness (QED) is 0.140. The van der Waals surface area contributed by atoms with Crippen LogP contribution in [0.4, 0.5) is 0 Å². The van der Waals surface area contributed by atoms with E-state index in [9.17, 15) is 19.2 Å². The summed E-state index contributed by atoms with van der Waals surface area (Å²) in [6, 6.07) is 4.95. The third-order valence-electron chi connectivity index (χ3n) is 4.47. The fourth-order valence-corrected chi connectivity index (χ4v) is 2.86. The van der Waals surface area contributed by atoms with Crippen LogP contribution in [0.2, 0.25) is 0 Å². The lowest BCUT2D eigenvalue weighted by molar-refractivity contribution is -0.138. The Hall–Kier alpha value is -3.63. The lowest BCUT2D eigenvalue weighted by Crippen LogP contribution is -2.62. The minimum atomic E-state index is -0.937. The largest absolute Gasteiger partial charge is 0.465 e. The molecule has 1 aromatic rings. The summed E-state index contributed by atoms with van der Waals surface area (Å²) in [5, 5.41) is 7.88. The second kappa shape index (κ2) is 10.8. The van der Waals surface area contributed by atoms with Gasteiger partial charge in [-0.15, -0.1) is 0 Å². The smallest absolute Gasteiger partial charge is 0.337 e. The van der Waals surface area contributed by atoms with Crippen LogP contribution in [0.15, 0.2) is 29.3 Å². The number of ether oxygens (including phenoxy) is 1. The summed E-state index contributed by atoms with van der Waals surface area (Å²) in [7, 11) is 1.30. The van der Waals surface area contributed by atoms with Gasteiger partial charge >= 0.3 is 5.97 Å². The third kappa shape index (κ3) is 6.76. The number of nitrogens with zero attached hydrogens (tertiary/aromatic N) is 1. The van der Waals surface area contributed by atoms with Gasteiger partial charge in [-0.05, 0) is 30.5 Å². The molecule has 0 unspecified atom stereocenters. The van der Waals surface area contributed by atoms with E-state index in [1.165, 1.54) is 7.11 Å². The Morgan fingerprint density at radius 2 is 1.73 bits per heavy atom. The van der Waals surface area contributed by atoms with Gasteiger partial charge in [0.15, 0.2) is 5.96 Å². The van der Waals surface area contributed by atoms with E-state index in [4.69, 9.17) is 11.5 Å². The van der Waals surface area contributed by atoms with Gasteiger partial charge in [0.1, 0.15) is 12.1 Å². The molecule has 1 aliphatic rings. The van der Waals surface area contributed by atoms with Crippen molar-refractivity contribution in [3.8, 4) is 0 Å². The van der Waals surface area contributed by atoms with Gasteiger partial charge in [-0.2, -0.15) is 0 Å². The molecule has 11 heteroatoms. The number of hydrogen-bond acceptors (Lipinski definition) is 6. The molecular weight excluding hydrogens is 392 g/mol. The lowest BCUT2D eigenvalue weighted by Gasteiger charge is -2.29. The molecule has 0 radical (unpaired) electrons. The predicted octanol–water partition coefficient (Wildman–Crippen LogP) is -1.48. The first-order valence-electron chi connectivity index (χ1n) is 9.40. The molecule has 1 aromatic carbocycles. The van der Waals surface area contributed by atoms with Crippen LogP contribution in [0.3, 0.4) is 0 Å². The summed E-state index contributed by atoms with van der Waals surface area (Å²) in [5.41, 5.74) is 11.6. The first-order valence-corrected chi connectivity index (χ1v) is 9.40. The van der Waals surface area contributed by atoms with E-state index >= 15 is 0 Å². The molecule has 1 heterocycles. The molecule has 0 aliphatic carbocycles. The van der Waals surface area contributed by atoms with Crippen LogP contribution in [0, 0.1) is 0 Å². The van der Waals surface area contributed by atoms with Crippen LogP contribution in [0.1, 0.15) is 35.2 Å². The highest BCUT2D eigenvalue weighted by atomic mass is 16.5. The summed E-state index contributed by atoms with van der Waals surface area (Å²) < 4.78 is 4.63. The number of aliphatic imine (C=N–C) groups is 1. The molecular formula is C19H26N6O5. The van der Waals surface area contributed by atoms with Crippen LogP contribution in [-0.2, 0) is 25.7 Å². The van der Waals surface area contributed by atoms with Crippen molar-refractivity contribution in [2.75, 3.05) is 13.7 Å². The highest BCUT2D eigenvalue weighted by Gasteiger charge is 2.34. The molecule has 2 atom stereocenters. The van der Waals surface area contributed by atoms with Crippen molar-refractivity contribution >= 4 is 29.7 Å². The van der Waals surface area contributed by atoms with Gasteiger partial charge in [0.25, 0.3) is 0 Å². The maximum atomic E-state index is 12.2. The normalized spacial score (nSPS) is 18.0. The van der Waals surface area contributed by atoms with Crippen molar-refractivity contribution in [2.45, 2.75) is 37.9 Å². The Kier molecular flexibility index (Phi) is 8.15. The first-order chi connectivity index (χ1) is 14.3. The topological polar surface area (TPSA) is 178 Å². The molecule has 0 bridgehead atoms. The predicted molar refractivity (Wildman–Crippen MR) is 108 cm³/mol. The molecule has 2 rings (SSSR count). The maximum Gasteiger partial charge on any atom is 0.337 e. The van der Waals surface area contributed by atoms with Crippen LogP contribution in [-0.4, -0.2) is 55.4 Å². The zero-order chi connectivity index (χ0) is 22.1. The van der Waals surface area contributed by atoms with E-state index in [0.29, 0.717) is 24.9 Å². The van der Waals surface area contributed by atoms with E-state index in [2.05, 4.69) is 25.7 Å². The van der Waals surface area contributed by atoms with Crippen molar-refractivity contribution in [1.29, 1.82) is 0 Å². The van der Waals surface area contributed by atoms with E-state index in [1.54, 1.807) is 24.3 Å². The van der Waals surface area contributed by atoms with Gasteiger partial charge in [0.05, 0.1) is 19.1 Å². The number of rotatable bonds is 9. The van der Waals surface area contributed by atoms with Crippen LogP contribution >= 0.6 is 0 Å². The molecule has 1 saturated heterocycles. The Labute approximate surface area is 173 Å². The number of amides is 3. The maximum absolute atomic E-state index is 12.2. The number of esters is 1. The monoisotopic (exact) mass is 418 g/mol. The van der Waals surface area contributed by atoms with E-state index in [-0.39, 0.29) is 24.8 Å². The summed E-state index contributed by atoms with van der Waals surface area (Å²) in [5.74, 6) is -1.63. The van der Waals surface area contributed by atoms with Gasteiger partial charge in [-0.25, -0.2) is 4.79 Å². The molecule has 30 heavy (non-hydrogen) atoms. The number of carbonyl (C=O) groups excluding carboxylic acids is 4. The van der Waals surface area contributed by atoms with Crippen LogP contribution < -0.4 is 27.4 Å². The minimum Gasteiger partial charge on any atom is -0.465 e. The molecule has 0 saturated carbocycles. The molecule has 1 aliphatic heterocycles. The number of nitrogens with one attached hydrogen (secondary N) is 3. The van der Waals surface area contributed by atoms with Gasteiger partial charge < -0.3 is 32.2 Å². The van der Waals surface area contributed by atoms with E-state index in [0.717, 1.165) is 5.56 Å². The van der Waals surface area contributed by atoms with Crippen LogP contribution in [0.25, 0.3) is 0 Å². The average molecular weight is 418 g/mol. The zero-order valence-corrected chi connectivity index (χ0v) is 16.6. The average Bonchev–Trinajstić information content (AvgIpc) is 2.72. The van der Waals surface area contributed by atoms with E-state index < -0.39 is 29.9 Å². The number of guanidine groups is 1. The van der Waals surface area contributed by atoms with E-state index in [1.807, 2.05) is 0 Å². The Balaban J connectivity index is 1.77. The van der Waals surface area contributed by atoms with Gasteiger partial charge in [-0.3, -0.25) is 19.4 Å². The Morgan fingerprint density at radius 3 is 2.37 bits per heavy atom. The highest BCUT2D eigenvalue weighted by Crippen LogP contribution is 2.08. The fourth-order valence-electron chi connectivity index (χ4n) is 2.86. The Bertz CT molecular complexity index is 819. The molecule has 7 N–H and O–H groups in total. The summed E-state index contributed by atoms with van der Waals surface area (Å²) in [6.07, 6.45) is 0.726. The first kappa shape index (κ1) is 22.7. The van der Waals surface area contributed by atoms with Crippen molar-refractivity contribution in [1.82, 2.24) is 16.0 Å². The number of nitrogens with two attached hydrogens (primary N) is 2. The van der Waals surface area contributed by atoms with Crippen molar-refractivity contribution < 1.29 is 23.9 Å². The molecule has 3 amide bonds. The second-order valence-electron chi connectivity index (χ2n) is 6.74. The minimum absolute atomic E-state index is 0.0300. The van der Waals surface area contributed by atoms with Crippen molar-refractivity contribution in [3.05, 3.63) is 35.4 Å². The molecule has 1 fully saturated rings. The molecule has 162 valence electrons. The summed E-state index contributed by atoms with van der Waals surface area (Å²) in [6.45, 7) is 0.574. The zero-order valence-electron chi connectivity index (χ0n) is 16.6. The summed E-state index contributed by atoms with van der Waals surface area (Å²) >= 11 is 0. The fraction of sp³-hybridized carbons (Fsp3) is 0.421. The standard InChI is InChI=1S/C19H26N6O5/c1-30-18(29)12-6-4-11(5-7-12)10-23-15(26)9-14-17(28)24-13(16(27)25-14)3-2-8-22-19(20)21/h4-7,13-14H,2-3,8-10H2,1H3,(H,23,26)(H,24,28)(H,25,27)(H4,20,21,22)/t13-,14-/m0/s1. The SMILES string of the molecule is COC(=O)c1ccc(CNC(=O)C[C@@H]2NC(=O)[C@H](CCCN=C(N)N)NC2=O)cc1. The Morgan fingerprint density at radius 1 is 1.10 bits per heavy atom. The molecule has 0 aromatic heterocycles. The van der Waals surface area contributed by atoms with Gasteiger partial charge in [0.2, 0.25) is 17.7 Å². The van der Waals surface area contributed by atoms with Crippen molar-refractivity contribution in [3.63, 3.8) is 0 Å². The third-order valence-corrected chi connectivity index (χ3v) is 4.47. The second-order valence-corrected chi connectivity index (χ2v) is 6.74. The summed E-state index contributed by atoms with van der Waals surface area (Å²) in [4.78, 5) is 51.8.